The van der Waals surface area contributed by atoms with Gasteiger partial charge in [0.1, 0.15) is 10.8 Å². The van der Waals surface area contributed by atoms with Crippen LogP contribution in [0.5, 0.6) is 0 Å². The van der Waals surface area contributed by atoms with Crippen LogP contribution in [-0.4, -0.2) is 24.8 Å². The summed E-state index contributed by atoms with van der Waals surface area (Å²) in [6.07, 6.45) is 0. The van der Waals surface area contributed by atoms with Gasteiger partial charge in [-0.3, -0.25) is 0 Å². The highest BCUT2D eigenvalue weighted by Crippen LogP contribution is 2.13. The van der Waals surface area contributed by atoms with Gasteiger partial charge in [0.15, 0.2) is 0 Å². The molecule has 94 valence electrons. The van der Waals surface area contributed by atoms with Crippen molar-refractivity contribution >= 4 is 17.2 Å². The highest BCUT2D eigenvalue weighted by Gasteiger charge is 2.09. The number of hydrogen-bond acceptors (Lipinski definition) is 3. The zero-order valence-corrected chi connectivity index (χ0v) is 10.6. The molecule has 17 heavy (non-hydrogen) atoms. The smallest absolute Gasteiger partial charge is 0.138 e. The summed E-state index contributed by atoms with van der Waals surface area (Å²) >= 11 is 4.76. The average molecular weight is 257 g/mol. The van der Waals surface area contributed by atoms with Gasteiger partial charge in [0, 0.05) is 17.7 Å². The molecule has 0 atom stereocenters. The van der Waals surface area contributed by atoms with Crippen molar-refractivity contribution in [3.63, 3.8) is 0 Å². The molecule has 0 saturated heterocycles. The summed E-state index contributed by atoms with van der Waals surface area (Å²) in [5, 5.41) is 0. The fourth-order valence-corrected chi connectivity index (χ4v) is 1.48. The van der Waals surface area contributed by atoms with Gasteiger partial charge < -0.3 is 15.2 Å². The van der Waals surface area contributed by atoms with Gasteiger partial charge >= 0.3 is 0 Å². The molecule has 0 fully saturated rings. The Bertz CT molecular complexity index is 385. The van der Waals surface area contributed by atoms with Crippen LogP contribution in [-0.2, 0) is 16.1 Å². The molecule has 0 radical (unpaired) electrons. The lowest BCUT2D eigenvalue weighted by Gasteiger charge is -2.08. The van der Waals surface area contributed by atoms with Crippen LogP contribution in [0.1, 0.15) is 18.1 Å². The third-order valence-corrected chi connectivity index (χ3v) is 2.40. The van der Waals surface area contributed by atoms with Gasteiger partial charge in [-0.2, -0.15) is 0 Å². The summed E-state index contributed by atoms with van der Waals surface area (Å²) in [6, 6.07) is 4.91. The molecule has 2 N–H and O–H groups in total. The molecule has 0 aromatic heterocycles. The van der Waals surface area contributed by atoms with E-state index in [0.717, 1.165) is 0 Å². The quantitative estimate of drug-likeness (QED) is 0.599. The van der Waals surface area contributed by atoms with Gasteiger partial charge in [0.05, 0.1) is 19.8 Å². The van der Waals surface area contributed by atoms with E-state index in [0.29, 0.717) is 25.4 Å². The molecule has 0 bridgehead atoms. The molecule has 0 unspecified atom stereocenters. The molecule has 5 heteroatoms. The Balaban J connectivity index is 2.54. The molecular formula is C12H16FNO2S. The van der Waals surface area contributed by atoms with E-state index in [1.165, 1.54) is 0 Å². The van der Waals surface area contributed by atoms with Gasteiger partial charge in [-0.05, 0) is 13.0 Å². The highest BCUT2D eigenvalue weighted by atomic mass is 32.1. The summed E-state index contributed by atoms with van der Waals surface area (Å²) in [7, 11) is 0. The van der Waals surface area contributed by atoms with Crippen molar-refractivity contribution in [1.29, 1.82) is 0 Å². The summed E-state index contributed by atoms with van der Waals surface area (Å²) in [5.41, 5.74) is 6.11. The maximum Gasteiger partial charge on any atom is 0.138 e. The number of hydrogen-bond donors (Lipinski definition) is 1. The van der Waals surface area contributed by atoms with Crippen molar-refractivity contribution in [3.05, 3.63) is 35.1 Å². The fraction of sp³-hybridized carbons (Fsp3) is 0.417. The number of rotatable bonds is 7. The zero-order chi connectivity index (χ0) is 12.7. The first-order chi connectivity index (χ1) is 8.16. The monoisotopic (exact) mass is 257 g/mol. The molecule has 0 amide bonds. The minimum absolute atomic E-state index is 0.0543. The largest absolute Gasteiger partial charge is 0.389 e. The first kappa shape index (κ1) is 14.0. The van der Waals surface area contributed by atoms with Gasteiger partial charge in [0.25, 0.3) is 0 Å². The minimum Gasteiger partial charge on any atom is -0.389 e. The van der Waals surface area contributed by atoms with Gasteiger partial charge in [0.2, 0.25) is 0 Å². The van der Waals surface area contributed by atoms with Gasteiger partial charge in [-0.15, -0.1) is 0 Å². The van der Waals surface area contributed by atoms with Gasteiger partial charge in [-0.1, -0.05) is 24.4 Å². The standard InChI is InChI=1S/C12H16FNO2S/c1-2-15-6-7-16-8-9-4-3-5-10(11(9)13)12(14)17/h3-5H,2,6-8H2,1H3,(H2,14,17). The number of benzene rings is 1. The second kappa shape index (κ2) is 7.32. The predicted molar refractivity (Wildman–Crippen MR) is 68.4 cm³/mol. The first-order valence-electron chi connectivity index (χ1n) is 5.39. The third kappa shape index (κ3) is 4.38. The van der Waals surface area contributed by atoms with E-state index in [1.54, 1.807) is 18.2 Å². The van der Waals surface area contributed by atoms with Crippen LogP contribution in [0.15, 0.2) is 18.2 Å². The lowest BCUT2D eigenvalue weighted by molar-refractivity contribution is 0.0443. The number of ether oxygens (including phenoxy) is 2. The van der Waals surface area contributed by atoms with E-state index in [2.05, 4.69) is 0 Å². The number of halogens is 1. The van der Waals surface area contributed by atoms with Crippen LogP contribution in [0.4, 0.5) is 4.39 Å². The molecule has 0 heterocycles. The first-order valence-corrected chi connectivity index (χ1v) is 5.80. The zero-order valence-electron chi connectivity index (χ0n) is 9.74. The van der Waals surface area contributed by atoms with Crippen LogP contribution in [0.2, 0.25) is 0 Å². The number of nitrogens with two attached hydrogens (primary N) is 1. The van der Waals surface area contributed by atoms with Crippen molar-refractivity contribution in [1.82, 2.24) is 0 Å². The molecule has 3 nitrogen and oxygen atoms in total. The Morgan fingerprint density at radius 1 is 1.35 bits per heavy atom. The van der Waals surface area contributed by atoms with Crippen LogP contribution >= 0.6 is 12.2 Å². The Hall–Kier alpha value is -1.04. The fourth-order valence-electron chi connectivity index (χ4n) is 1.33. The van der Waals surface area contributed by atoms with E-state index in [-0.39, 0.29) is 17.2 Å². The summed E-state index contributed by atoms with van der Waals surface area (Å²) in [5.74, 6) is -0.406. The van der Waals surface area contributed by atoms with Crippen molar-refractivity contribution in [2.45, 2.75) is 13.5 Å². The molecule has 1 rings (SSSR count). The second-order valence-corrected chi connectivity index (χ2v) is 3.83. The minimum atomic E-state index is -0.406. The molecule has 0 aliphatic carbocycles. The highest BCUT2D eigenvalue weighted by molar-refractivity contribution is 7.80. The number of thiocarbonyl (C=S) groups is 1. The van der Waals surface area contributed by atoms with Gasteiger partial charge in [-0.25, -0.2) is 4.39 Å². The maximum atomic E-state index is 13.8. The van der Waals surface area contributed by atoms with Crippen molar-refractivity contribution in [3.8, 4) is 0 Å². The van der Waals surface area contributed by atoms with Crippen LogP contribution in [0.25, 0.3) is 0 Å². The molecule has 1 aromatic rings. The van der Waals surface area contributed by atoms with Crippen LogP contribution in [0, 0.1) is 5.82 Å². The predicted octanol–water partition coefficient (Wildman–Crippen LogP) is 2.01. The van der Waals surface area contributed by atoms with Crippen LogP contribution < -0.4 is 5.73 Å². The van der Waals surface area contributed by atoms with Crippen molar-refractivity contribution < 1.29 is 13.9 Å². The lowest BCUT2D eigenvalue weighted by Crippen LogP contribution is -2.13. The molecule has 0 saturated carbocycles. The molecule has 0 aliphatic rings. The third-order valence-electron chi connectivity index (χ3n) is 2.18. The Labute approximate surface area is 106 Å². The topological polar surface area (TPSA) is 44.5 Å². The van der Waals surface area contributed by atoms with Crippen molar-refractivity contribution in [2.24, 2.45) is 5.73 Å². The normalized spacial score (nSPS) is 10.5. The Kier molecular flexibility index (Phi) is 6.04. The Morgan fingerprint density at radius 3 is 2.71 bits per heavy atom. The molecule has 1 aromatic carbocycles. The van der Waals surface area contributed by atoms with E-state index in [9.17, 15) is 4.39 Å². The molecule has 0 spiro atoms. The van der Waals surface area contributed by atoms with E-state index in [4.69, 9.17) is 27.4 Å². The molecule has 0 aliphatic heterocycles. The van der Waals surface area contributed by atoms with Crippen molar-refractivity contribution in [2.75, 3.05) is 19.8 Å². The average Bonchev–Trinajstić information content (AvgIpc) is 2.30. The van der Waals surface area contributed by atoms with E-state index >= 15 is 0 Å². The molecular weight excluding hydrogens is 241 g/mol. The van der Waals surface area contributed by atoms with Crippen LogP contribution in [0.3, 0.4) is 0 Å². The summed E-state index contributed by atoms with van der Waals surface area (Å²) < 4.78 is 24.2. The maximum absolute atomic E-state index is 13.8. The Morgan fingerprint density at radius 2 is 2.06 bits per heavy atom. The lowest BCUT2D eigenvalue weighted by atomic mass is 10.1. The summed E-state index contributed by atoms with van der Waals surface area (Å²) in [4.78, 5) is 0.0543. The second-order valence-electron chi connectivity index (χ2n) is 3.39. The van der Waals surface area contributed by atoms with E-state index < -0.39 is 5.82 Å². The SMILES string of the molecule is CCOCCOCc1cccc(C(N)=S)c1F. The van der Waals surface area contributed by atoms with E-state index in [1.807, 2.05) is 6.92 Å². The summed E-state index contributed by atoms with van der Waals surface area (Å²) in [6.45, 7) is 3.69.